The third-order valence-corrected chi connectivity index (χ3v) is 3.41. The van der Waals surface area contributed by atoms with Crippen LogP contribution in [0, 0.1) is 0 Å². The van der Waals surface area contributed by atoms with E-state index >= 15 is 0 Å². The van der Waals surface area contributed by atoms with Gasteiger partial charge >= 0.3 is 0 Å². The van der Waals surface area contributed by atoms with Crippen LogP contribution in [-0.4, -0.2) is 28.9 Å². The first-order valence-corrected chi connectivity index (χ1v) is 6.52. The lowest BCUT2D eigenvalue weighted by Crippen LogP contribution is -2.37. The molecule has 1 aromatic heterocycles. The number of thiocarbonyl (C=S) groups is 1. The quantitative estimate of drug-likeness (QED) is 0.820. The Morgan fingerprint density at radius 3 is 2.75 bits per heavy atom. The number of nitrogens with zero attached hydrogens (tertiary/aromatic N) is 1. The number of thiophene rings is 1. The Hall–Kier alpha value is -0.940. The molecule has 88 valence electrons. The lowest BCUT2D eigenvalue weighted by molar-refractivity contribution is 0.0791. The largest absolute Gasteiger partial charge is 0.392 e. The second-order valence-electron chi connectivity index (χ2n) is 3.41. The van der Waals surface area contributed by atoms with Crippen LogP contribution in [0.5, 0.6) is 0 Å². The second kappa shape index (κ2) is 5.96. The summed E-state index contributed by atoms with van der Waals surface area (Å²) in [5, 5.41) is 1.95. The molecule has 0 saturated heterocycles. The minimum atomic E-state index is 0.0298. The fraction of sp³-hybridized carbons (Fsp3) is 0.455. The highest BCUT2D eigenvalue weighted by molar-refractivity contribution is 7.80. The standard InChI is InChI=1S/C11H16N2OS2/c1-3-8-5-6-16-10(8)11(14)13(4-2)7-9(12)15/h5-6H,3-4,7H2,1-2H3,(H2,12,15). The summed E-state index contributed by atoms with van der Waals surface area (Å²) in [6, 6.07) is 1.99. The number of hydrogen-bond acceptors (Lipinski definition) is 3. The summed E-state index contributed by atoms with van der Waals surface area (Å²) in [7, 11) is 0. The smallest absolute Gasteiger partial charge is 0.264 e. The number of rotatable bonds is 5. The minimum Gasteiger partial charge on any atom is -0.392 e. The molecule has 2 N–H and O–H groups in total. The van der Waals surface area contributed by atoms with Gasteiger partial charge in [-0.3, -0.25) is 4.79 Å². The minimum absolute atomic E-state index is 0.0298. The molecular formula is C11H16N2OS2. The molecule has 0 fully saturated rings. The number of carbonyl (C=O) groups excluding carboxylic acids is 1. The number of amides is 1. The summed E-state index contributed by atoms with van der Waals surface area (Å²) in [6.45, 7) is 4.95. The van der Waals surface area contributed by atoms with E-state index in [0.29, 0.717) is 18.1 Å². The van der Waals surface area contributed by atoms with Gasteiger partial charge in [0.1, 0.15) is 0 Å². The van der Waals surface area contributed by atoms with E-state index in [0.717, 1.165) is 16.9 Å². The zero-order valence-electron chi connectivity index (χ0n) is 9.53. The lowest BCUT2D eigenvalue weighted by atomic mass is 10.2. The van der Waals surface area contributed by atoms with Crippen LogP contribution in [0.2, 0.25) is 0 Å². The van der Waals surface area contributed by atoms with Crippen LogP contribution in [0.4, 0.5) is 0 Å². The zero-order chi connectivity index (χ0) is 12.1. The van der Waals surface area contributed by atoms with Gasteiger partial charge in [0.15, 0.2) is 0 Å². The lowest BCUT2D eigenvalue weighted by Gasteiger charge is -2.19. The maximum absolute atomic E-state index is 12.2. The average Bonchev–Trinajstić information content (AvgIpc) is 2.72. The van der Waals surface area contributed by atoms with Crippen molar-refractivity contribution >= 4 is 34.5 Å². The maximum Gasteiger partial charge on any atom is 0.264 e. The molecule has 1 rings (SSSR count). The van der Waals surface area contributed by atoms with Gasteiger partial charge in [-0.05, 0) is 30.4 Å². The van der Waals surface area contributed by atoms with E-state index in [1.807, 2.05) is 25.3 Å². The topological polar surface area (TPSA) is 46.3 Å². The van der Waals surface area contributed by atoms with Gasteiger partial charge in [-0.2, -0.15) is 0 Å². The Kier molecular flexibility index (Phi) is 4.89. The van der Waals surface area contributed by atoms with Gasteiger partial charge < -0.3 is 10.6 Å². The summed E-state index contributed by atoms with van der Waals surface area (Å²) in [5.41, 5.74) is 6.57. The number of nitrogens with two attached hydrogens (primary N) is 1. The van der Waals surface area contributed by atoms with Crippen molar-refractivity contribution in [2.75, 3.05) is 13.1 Å². The third-order valence-electron chi connectivity index (χ3n) is 2.34. The molecule has 1 aromatic rings. The van der Waals surface area contributed by atoms with Crippen molar-refractivity contribution < 1.29 is 4.79 Å². The van der Waals surface area contributed by atoms with Crippen LogP contribution >= 0.6 is 23.6 Å². The number of aryl methyl sites for hydroxylation is 1. The van der Waals surface area contributed by atoms with Crippen molar-refractivity contribution in [3.63, 3.8) is 0 Å². The summed E-state index contributed by atoms with van der Waals surface area (Å²) in [4.78, 5) is 15.0. The maximum atomic E-state index is 12.2. The molecule has 0 aliphatic carbocycles. The van der Waals surface area contributed by atoms with Crippen molar-refractivity contribution in [3.05, 3.63) is 21.9 Å². The van der Waals surface area contributed by atoms with Crippen molar-refractivity contribution in [3.8, 4) is 0 Å². The highest BCUT2D eigenvalue weighted by Crippen LogP contribution is 2.19. The van der Waals surface area contributed by atoms with Crippen molar-refractivity contribution in [1.82, 2.24) is 4.90 Å². The normalized spacial score (nSPS) is 10.1. The van der Waals surface area contributed by atoms with E-state index in [1.165, 1.54) is 11.3 Å². The van der Waals surface area contributed by atoms with Crippen LogP contribution < -0.4 is 5.73 Å². The number of hydrogen-bond donors (Lipinski definition) is 1. The molecule has 3 nitrogen and oxygen atoms in total. The molecular weight excluding hydrogens is 240 g/mol. The predicted octanol–water partition coefficient (Wildman–Crippen LogP) is 2.06. The summed E-state index contributed by atoms with van der Waals surface area (Å²) in [5.74, 6) is 0.0298. The van der Waals surface area contributed by atoms with E-state index in [1.54, 1.807) is 4.90 Å². The number of carbonyl (C=O) groups is 1. The molecule has 1 heterocycles. The van der Waals surface area contributed by atoms with E-state index < -0.39 is 0 Å². The Morgan fingerprint density at radius 2 is 2.25 bits per heavy atom. The van der Waals surface area contributed by atoms with Crippen molar-refractivity contribution in [2.24, 2.45) is 5.73 Å². The molecule has 0 atom stereocenters. The van der Waals surface area contributed by atoms with Gasteiger partial charge in [-0.1, -0.05) is 19.1 Å². The van der Waals surface area contributed by atoms with Crippen molar-refractivity contribution in [2.45, 2.75) is 20.3 Å². The van der Waals surface area contributed by atoms with Gasteiger partial charge in [-0.15, -0.1) is 11.3 Å². The monoisotopic (exact) mass is 256 g/mol. The first-order valence-electron chi connectivity index (χ1n) is 5.24. The van der Waals surface area contributed by atoms with E-state index in [2.05, 4.69) is 0 Å². The fourth-order valence-corrected chi connectivity index (χ4v) is 2.58. The molecule has 0 aliphatic rings. The van der Waals surface area contributed by atoms with Crippen LogP contribution in [0.1, 0.15) is 29.1 Å². The average molecular weight is 256 g/mol. The highest BCUT2D eigenvalue weighted by atomic mass is 32.1. The molecule has 0 radical (unpaired) electrons. The van der Waals surface area contributed by atoms with Crippen LogP contribution in [0.15, 0.2) is 11.4 Å². The van der Waals surface area contributed by atoms with E-state index in [-0.39, 0.29) is 5.91 Å². The van der Waals surface area contributed by atoms with Gasteiger partial charge in [0.25, 0.3) is 5.91 Å². The SMILES string of the molecule is CCc1ccsc1C(=O)N(CC)CC(N)=S. The number of likely N-dealkylation sites (N-methyl/N-ethyl adjacent to an activating group) is 1. The van der Waals surface area contributed by atoms with Gasteiger partial charge in [0.05, 0.1) is 16.4 Å². The Balaban J connectivity index is 2.86. The summed E-state index contributed by atoms with van der Waals surface area (Å²) in [6.07, 6.45) is 0.870. The zero-order valence-corrected chi connectivity index (χ0v) is 11.2. The Bertz CT molecular complexity index is 387. The summed E-state index contributed by atoms with van der Waals surface area (Å²) < 4.78 is 0. The molecule has 0 aromatic carbocycles. The first kappa shape index (κ1) is 13.1. The highest BCUT2D eigenvalue weighted by Gasteiger charge is 2.18. The van der Waals surface area contributed by atoms with Crippen LogP contribution in [0.3, 0.4) is 0 Å². The van der Waals surface area contributed by atoms with Gasteiger partial charge in [-0.25, -0.2) is 0 Å². The molecule has 0 aliphatic heterocycles. The van der Waals surface area contributed by atoms with Crippen LogP contribution in [-0.2, 0) is 6.42 Å². The predicted molar refractivity (Wildman–Crippen MR) is 72.1 cm³/mol. The molecule has 1 amide bonds. The van der Waals surface area contributed by atoms with Gasteiger partial charge in [0.2, 0.25) is 0 Å². The molecule has 16 heavy (non-hydrogen) atoms. The van der Waals surface area contributed by atoms with E-state index in [9.17, 15) is 4.79 Å². The fourth-order valence-electron chi connectivity index (χ4n) is 1.46. The third kappa shape index (κ3) is 3.02. The summed E-state index contributed by atoms with van der Waals surface area (Å²) >= 11 is 6.31. The molecule has 0 unspecified atom stereocenters. The van der Waals surface area contributed by atoms with Crippen molar-refractivity contribution in [1.29, 1.82) is 0 Å². The van der Waals surface area contributed by atoms with E-state index in [4.69, 9.17) is 18.0 Å². The van der Waals surface area contributed by atoms with Crippen LogP contribution in [0.25, 0.3) is 0 Å². The molecule has 0 spiro atoms. The molecule has 0 bridgehead atoms. The second-order valence-corrected chi connectivity index (χ2v) is 4.85. The van der Waals surface area contributed by atoms with Gasteiger partial charge in [0, 0.05) is 6.54 Å². The molecule has 0 saturated carbocycles. The first-order chi connectivity index (χ1) is 7.60. The Labute approximate surface area is 105 Å². The Morgan fingerprint density at radius 1 is 1.56 bits per heavy atom. The molecule has 5 heteroatoms.